The molecule has 8 nitrogen and oxygen atoms in total. The minimum Gasteiger partial charge on any atom is -0.469 e. The van der Waals surface area contributed by atoms with Crippen molar-refractivity contribution in [2.24, 2.45) is 7.05 Å². The second-order valence-corrected chi connectivity index (χ2v) is 8.39. The number of ether oxygens (including phenoxy) is 1. The molecule has 0 saturated carbocycles. The van der Waals surface area contributed by atoms with Crippen molar-refractivity contribution in [2.75, 3.05) is 12.4 Å². The van der Waals surface area contributed by atoms with Crippen molar-refractivity contribution in [1.82, 2.24) is 24.8 Å². The van der Waals surface area contributed by atoms with Crippen LogP contribution in [0.4, 0.5) is 5.69 Å². The SMILES string of the molecule is COC(=O)Cc1cccc(NC2CCn3nnc(C)c3-c3ccc(-c4cnn(C)c4)cc32)c1. The van der Waals surface area contributed by atoms with Crippen molar-refractivity contribution < 1.29 is 9.53 Å². The highest BCUT2D eigenvalue weighted by molar-refractivity contribution is 5.75. The third kappa shape index (κ3) is 4.11. The molecule has 2 aromatic heterocycles. The first-order valence-electron chi connectivity index (χ1n) is 11.0. The maximum Gasteiger partial charge on any atom is 0.309 e. The Morgan fingerprint density at radius 2 is 2.09 bits per heavy atom. The van der Waals surface area contributed by atoms with E-state index in [2.05, 4.69) is 38.9 Å². The highest BCUT2D eigenvalue weighted by Crippen LogP contribution is 2.39. The molecule has 2 aromatic carbocycles. The van der Waals surface area contributed by atoms with E-state index in [9.17, 15) is 4.79 Å². The first-order valence-corrected chi connectivity index (χ1v) is 11.0. The van der Waals surface area contributed by atoms with Gasteiger partial charge in [0.05, 0.1) is 37.2 Å². The van der Waals surface area contributed by atoms with Gasteiger partial charge in [0.15, 0.2) is 0 Å². The van der Waals surface area contributed by atoms with Crippen LogP contribution in [-0.2, 0) is 29.5 Å². The summed E-state index contributed by atoms with van der Waals surface area (Å²) in [7, 11) is 3.33. The standard InChI is InChI=1S/C25H26N6O2/c1-16-25-21-8-7-18(19-14-26-30(2)15-19)13-22(21)23(9-10-31(25)29-28-16)27-20-6-4-5-17(11-20)12-24(32)33-3/h4-8,11,13-15,23,27H,9-10,12H2,1-3H3. The fourth-order valence-corrected chi connectivity index (χ4v) is 4.47. The van der Waals surface area contributed by atoms with Crippen LogP contribution in [-0.4, -0.2) is 37.9 Å². The van der Waals surface area contributed by atoms with Crippen molar-refractivity contribution in [3.63, 3.8) is 0 Å². The number of methoxy groups -OCH3 is 1. The van der Waals surface area contributed by atoms with Crippen molar-refractivity contribution in [2.45, 2.75) is 32.4 Å². The van der Waals surface area contributed by atoms with Gasteiger partial charge >= 0.3 is 5.97 Å². The van der Waals surface area contributed by atoms with Gasteiger partial charge in [-0.25, -0.2) is 4.68 Å². The number of carbonyl (C=O) groups excluding carboxylic acids is 1. The molecule has 4 aromatic rings. The van der Waals surface area contributed by atoms with Crippen molar-refractivity contribution in [3.05, 3.63) is 71.7 Å². The summed E-state index contributed by atoms with van der Waals surface area (Å²) in [6.45, 7) is 2.76. The smallest absolute Gasteiger partial charge is 0.309 e. The van der Waals surface area contributed by atoms with Crippen LogP contribution in [0.25, 0.3) is 22.4 Å². The molecule has 1 aliphatic rings. The topological polar surface area (TPSA) is 86.9 Å². The molecule has 3 heterocycles. The van der Waals surface area contributed by atoms with Crippen LogP contribution >= 0.6 is 0 Å². The van der Waals surface area contributed by atoms with Crippen molar-refractivity contribution >= 4 is 11.7 Å². The second kappa shape index (κ2) is 8.54. The van der Waals surface area contributed by atoms with E-state index in [4.69, 9.17) is 4.74 Å². The Balaban J connectivity index is 1.55. The summed E-state index contributed by atoms with van der Waals surface area (Å²) in [6.07, 6.45) is 5.00. The van der Waals surface area contributed by atoms with Crippen LogP contribution in [0.15, 0.2) is 54.9 Å². The predicted octanol–water partition coefficient (Wildman–Crippen LogP) is 3.93. The molecule has 0 fully saturated rings. The quantitative estimate of drug-likeness (QED) is 0.472. The van der Waals surface area contributed by atoms with Gasteiger partial charge in [-0.15, -0.1) is 5.10 Å². The van der Waals surface area contributed by atoms with Gasteiger partial charge in [-0.3, -0.25) is 9.48 Å². The maximum absolute atomic E-state index is 11.7. The number of nitrogens with one attached hydrogen (secondary N) is 1. The van der Waals surface area contributed by atoms with E-state index in [0.29, 0.717) is 0 Å². The van der Waals surface area contributed by atoms with Crippen LogP contribution in [0.3, 0.4) is 0 Å². The fraction of sp³-hybridized carbons (Fsp3) is 0.280. The van der Waals surface area contributed by atoms with E-state index < -0.39 is 0 Å². The lowest BCUT2D eigenvalue weighted by atomic mass is 9.93. The molecule has 1 atom stereocenters. The molecule has 0 amide bonds. The first kappa shape index (κ1) is 20.9. The number of benzene rings is 2. The predicted molar refractivity (Wildman–Crippen MR) is 126 cm³/mol. The van der Waals surface area contributed by atoms with Gasteiger partial charge < -0.3 is 10.1 Å². The molecule has 8 heteroatoms. The van der Waals surface area contributed by atoms with Gasteiger partial charge in [0.25, 0.3) is 0 Å². The Hall–Kier alpha value is -3.94. The van der Waals surface area contributed by atoms with Crippen molar-refractivity contribution in [3.8, 4) is 22.4 Å². The van der Waals surface area contributed by atoms with E-state index >= 15 is 0 Å². The number of carbonyl (C=O) groups is 1. The van der Waals surface area contributed by atoms with Crippen LogP contribution in [0.5, 0.6) is 0 Å². The van der Waals surface area contributed by atoms with Crippen LogP contribution in [0.2, 0.25) is 0 Å². The monoisotopic (exact) mass is 442 g/mol. The lowest BCUT2D eigenvalue weighted by molar-refractivity contribution is -0.139. The number of hydrogen-bond donors (Lipinski definition) is 1. The molecule has 0 radical (unpaired) electrons. The largest absolute Gasteiger partial charge is 0.469 e. The molecule has 1 aliphatic heterocycles. The van der Waals surface area contributed by atoms with Gasteiger partial charge in [-0.05, 0) is 48.2 Å². The van der Waals surface area contributed by atoms with E-state index in [1.54, 1.807) is 0 Å². The molecule has 1 N–H and O–H groups in total. The van der Waals surface area contributed by atoms with E-state index in [1.165, 1.54) is 12.7 Å². The zero-order chi connectivity index (χ0) is 22.9. The molecule has 0 saturated heterocycles. The highest BCUT2D eigenvalue weighted by Gasteiger charge is 2.26. The lowest BCUT2D eigenvalue weighted by Gasteiger charge is -2.21. The number of aryl methyl sites for hydroxylation is 3. The second-order valence-electron chi connectivity index (χ2n) is 8.39. The summed E-state index contributed by atoms with van der Waals surface area (Å²) >= 11 is 0. The average molecular weight is 443 g/mol. The summed E-state index contributed by atoms with van der Waals surface area (Å²) in [5.74, 6) is -0.249. The number of nitrogens with zero attached hydrogens (tertiary/aromatic N) is 5. The van der Waals surface area contributed by atoms with Gasteiger partial charge in [0, 0.05) is 36.6 Å². The van der Waals surface area contributed by atoms with Crippen LogP contribution < -0.4 is 5.32 Å². The number of aromatic nitrogens is 5. The number of anilines is 1. The summed E-state index contributed by atoms with van der Waals surface area (Å²) in [5.41, 5.74) is 8.38. The Morgan fingerprint density at radius 3 is 2.88 bits per heavy atom. The molecule has 33 heavy (non-hydrogen) atoms. The summed E-state index contributed by atoms with van der Waals surface area (Å²) < 4.78 is 8.63. The van der Waals surface area contributed by atoms with Gasteiger partial charge in [-0.1, -0.05) is 29.5 Å². The number of esters is 1. The minimum absolute atomic E-state index is 0.0612. The molecular weight excluding hydrogens is 416 g/mol. The third-order valence-corrected chi connectivity index (χ3v) is 6.10. The molecule has 1 unspecified atom stereocenters. The Bertz CT molecular complexity index is 1320. The summed E-state index contributed by atoms with van der Waals surface area (Å²) in [5, 5.41) is 16.7. The zero-order valence-electron chi connectivity index (χ0n) is 18.9. The Morgan fingerprint density at radius 1 is 1.21 bits per heavy atom. The summed E-state index contributed by atoms with van der Waals surface area (Å²) in [4.78, 5) is 11.7. The Labute approximate surface area is 192 Å². The van der Waals surface area contributed by atoms with Gasteiger partial charge in [0.2, 0.25) is 0 Å². The van der Waals surface area contributed by atoms with Gasteiger partial charge in [-0.2, -0.15) is 5.10 Å². The van der Waals surface area contributed by atoms with Crippen molar-refractivity contribution in [1.29, 1.82) is 0 Å². The third-order valence-electron chi connectivity index (χ3n) is 6.10. The molecule has 0 spiro atoms. The Kier molecular flexibility index (Phi) is 5.42. The zero-order valence-corrected chi connectivity index (χ0v) is 18.9. The molecule has 168 valence electrons. The number of fused-ring (bicyclic) bond motifs is 3. The van der Waals surface area contributed by atoms with E-state index in [1.807, 2.05) is 60.0 Å². The lowest BCUT2D eigenvalue weighted by Crippen LogP contribution is -2.13. The maximum atomic E-state index is 11.7. The molecule has 0 aliphatic carbocycles. The minimum atomic E-state index is -0.249. The molecule has 5 rings (SSSR count). The van der Waals surface area contributed by atoms with E-state index in [-0.39, 0.29) is 18.4 Å². The van der Waals surface area contributed by atoms with Gasteiger partial charge in [0.1, 0.15) is 0 Å². The average Bonchev–Trinajstić information content (AvgIpc) is 3.37. The fourth-order valence-electron chi connectivity index (χ4n) is 4.47. The van der Waals surface area contributed by atoms with Crippen LogP contribution in [0, 0.1) is 6.92 Å². The number of rotatable bonds is 5. The molecule has 0 bridgehead atoms. The number of hydrogen-bond acceptors (Lipinski definition) is 6. The summed E-state index contributed by atoms with van der Waals surface area (Å²) in [6, 6.07) is 14.5. The molecular formula is C25H26N6O2. The first-order chi connectivity index (χ1) is 16.0. The highest BCUT2D eigenvalue weighted by atomic mass is 16.5. The van der Waals surface area contributed by atoms with Crippen LogP contribution in [0.1, 0.15) is 29.3 Å². The normalized spacial score (nSPS) is 14.8. The van der Waals surface area contributed by atoms with E-state index in [0.717, 1.165) is 52.3 Å².